The molecule has 11 heteroatoms. The Morgan fingerprint density at radius 3 is 2.65 bits per heavy atom. The van der Waals surface area contributed by atoms with Crippen LogP contribution < -0.4 is 14.8 Å². The minimum atomic E-state index is -4.40. The molecule has 0 unspecified atom stereocenters. The van der Waals surface area contributed by atoms with E-state index in [9.17, 15) is 18.0 Å². The molecule has 0 fully saturated rings. The van der Waals surface area contributed by atoms with Crippen LogP contribution in [0.3, 0.4) is 0 Å². The van der Waals surface area contributed by atoms with Crippen molar-refractivity contribution in [2.75, 3.05) is 6.79 Å². The summed E-state index contributed by atoms with van der Waals surface area (Å²) in [6.45, 7) is 0.220. The number of nitrogens with one attached hydrogen (secondary N) is 1. The number of hydrogen-bond acceptors (Lipinski definition) is 6. The second kappa shape index (κ2) is 8.58. The van der Waals surface area contributed by atoms with Gasteiger partial charge in [0.25, 0.3) is 5.89 Å². The summed E-state index contributed by atoms with van der Waals surface area (Å²) in [7, 11) is 0. The fraction of sp³-hybridized carbons (Fsp3) is 0.174. The number of nitrogens with zero attached hydrogens (tertiary/aromatic N) is 3. The molecule has 1 aliphatic rings. The number of carbonyl (C=O) groups excluding carboxylic acids is 1. The van der Waals surface area contributed by atoms with Crippen molar-refractivity contribution >= 4 is 5.91 Å². The highest BCUT2D eigenvalue weighted by molar-refractivity contribution is 5.76. The predicted octanol–water partition coefficient (Wildman–Crippen LogP) is 4.27. The first-order chi connectivity index (χ1) is 16.4. The molecule has 8 nitrogen and oxygen atoms in total. The zero-order chi connectivity index (χ0) is 23.7. The first-order valence-electron chi connectivity index (χ1n) is 10.2. The van der Waals surface area contributed by atoms with Gasteiger partial charge in [-0.25, -0.2) is 0 Å². The molecule has 0 saturated heterocycles. The molecule has 3 heterocycles. The molecular formula is C23H17F3N4O4. The third kappa shape index (κ3) is 4.45. The Hall–Kier alpha value is -4.28. The molecule has 0 aliphatic carbocycles. The van der Waals surface area contributed by atoms with Crippen LogP contribution in [-0.2, 0) is 24.1 Å². The monoisotopic (exact) mass is 470 g/mol. The second-order valence-electron chi connectivity index (χ2n) is 7.48. The molecule has 0 spiro atoms. The van der Waals surface area contributed by atoms with E-state index in [1.54, 1.807) is 41.1 Å². The maximum atomic E-state index is 12.7. The van der Waals surface area contributed by atoms with Gasteiger partial charge in [0.2, 0.25) is 18.5 Å². The van der Waals surface area contributed by atoms with Crippen LogP contribution in [0.4, 0.5) is 13.2 Å². The highest BCUT2D eigenvalue weighted by atomic mass is 19.4. The van der Waals surface area contributed by atoms with Crippen LogP contribution in [0.15, 0.2) is 65.3 Å². The summed E-state index contributed by atoms with van der Waals surface area (Å²) in [5.74, 6) is 1.49. The number of amides is 1. The lowest BCUT2D eigenvalue weighted by Crippen LogP contribution is -2.27. The minimum Gasteiger partial charge on any atom is -0.454 e. The quantitative estimate of drug-likeness (QED) is 0.453. The second-order valence-corrected chi connectivity index (χ2v) is 7.48. The van der Waals surface area contributed by atoms with Crippen molar-refractivity contribution in [2.24, 2.45) is 0 Å². The summed E-state index contributed by atoms with van der Waals surface area (Å²) < 4.78 is 55.7. The van der Waals surface area contributed by atoms with E-state index < -0.39 is 11.7 Å². The van der Waals surface area contributed by atoms with Crippen LogP contribution in [-0.4, -0.2) is 27.4 Å². The number of halogens is 3. The fourth-order valence-corrected chi connectivity index (χ4v) is 3.45. The van der Waals surface area contributed by atoms with Gasteiger partial charge in [0.1, 0.15) is 12.2 Å². The molecule has 1 aliphatic heterocycles. The Morgan fingerprint density at radius 2 is 1.85 bits per heavy atom. The lowest BCUT2D eigenvalue weighted by atomic mass is 10.1. The van der Waals surface area contributed by atoms with Crippen molar-refractivity contribution in [1.82, 2.24) is 20.0 Å². The van der Waals surface area contributed by atoms with Crippen LogP contribution >= 0.6 is 0 Å². The van der Waals surface area contributed by atoms with Crippen molar-refractivity contribution in [2.45, 2.75) is 19.3 Å². The molecule has 34 heavy (non-hydrogen) atoms. The van der Waals surface area contributed by atoms with Crippen molar-refractivity contribution in [3.05, 3.63) is 71.9 Å². The van der Waals surface area contributed by atoms with Crippen LogP contribution in [0.5, 0.6) is 11.5 Å². The molecule has 5 rings (SSSR count). The molecule has 0 radical (unpaired) electrons. The number of aromatic nitrogens is 3. The van der Waals surface area contributed by atoms with Crippen LogP contribution in [0.2, 0.25) is 0 Å². The van der Waals surface area contributed by atoms with Crippen LogP contribution in [0.25, 0.3) is 23.0 Å². The topological polar surface area (TPSA) is 91.4 Å². The number of benzene rings is 2. The largest absolute Gasteiger partial charge is 0.454 e. The lowest BCUT2D eigenvalue weighted by molar-refractivity contribution is -0.137. The zero-order valence-electron chi connectivity index (χ0n) is 17.5. The SMILES string of the molecule is O=C(Cn1cccc1-c1nc(-c2ccc3c(c2)OCO3)no1)NCc1ccc(C(F)(F)F)cc1. The molecule has 2 aromatic heterocycles. The van der Waals surface area contributed by atoms with Crippen molar-refractivity contribution < 1.29 is 32.0 Å². The Bertz CT molecular complexity index is 1330. The number of ether oxygens (including phenoxy) is 2. The van der Waals surface area contributed by atoms with Crippen molar-refractivity contribution in [3.63, 3.8) is 0 Å². The number of fused-ring (bicyclic) bond motifs is 1. The molecule has 4 aromatic rings. The van der Waals surface area contributed by atoms with E-state index in [2.05, 4.69) is 15.5 Å². The third-order valence-electron chi connectivity index (χ3n) is 5.19. The molecule has 0 atom stereocenters. The van der Waals surface area contributed by atoms with Gasteiger partial charge < -0.3 is 23.9 Å². The van der Waals surface area contributed by atoms with Crippen LogP contribution in [0.1, 0.15) is 11.1 Å². The van der Waals surface area contributed by atoms with E-state index in [1.807, 2.05) is 0 Å². The van der Waals surface area contributed by atoms with Crippen molar-refractivity contribution in [3.8, 4) is 34.5 Å². The Kier molecular flexibility index (Phi) is 5.44. The molecule has 1 amide bonds. The lowest BCUT2D eigenvalue weighted by Gasteiger charge is -2.10. The molecular weight excluding hydrogens is 453 g/mol. The number of rotatable bonds is 6. The van der Waals surface area contributed by atoms with Gasteiger partial charge in [-0.15, -0.1) is 0 Å². The van der Waals surface area contributed by atoms with Gasteiger partial charge in [-0.2, -0.15) is 18.2 Å². The average Bonchev–Trinajstić information content (AvgIpc) is 3.57. The summed E-state index contributed by atoms with van der Waals surface area (Å²) >= 11 is 0. The number of alkyl halides is 3. The summed E-state index contributed by atoms with van der Waals surface area (Å²) in [5.41, 5.74) is 1.05. The summed E-state index contributed by atoms with van der Waals surface area (Å²) in [6, 6.07) is 13.4. The van der Waals surface area contributed by atoms with E-state index in [4.69, 9.17) is 14.0 Å². The summed E-state index contributed by atoms with van der Waals surface area (Å²) in [5, 5.41) is 6.71. The van der Waals surface area contributed by atoms with Crippen LogP contribution in [0, 0.1) is 0 Å². The summed E-state index contributed by atoms with van der Waals surface area (Å²) in [6.07, 6.45) is -2.71. The Labute approximate surface area is 190 Å². The van der Waals surface area contributed by atoms with Gasteiger partial charge in [0.15, 0.2) is 11.5 Å². The maximum Gasteiger partial charge on any atom is 0.416 e. The third-order valence-corrected chi connectivity index (χ3v) is 5.19. The van der Waals surface area contributed by atoms with Gasteiger partial charge >= 0.3 is 6.18 Å². The van der Waals surface area contributed by atoms with Gasteiger partial charge in [-0.1, -0.05) is 17.3 Å². The number of hydrogen-bond donors (Lipinski definition) is 1. The Morgan fingerprint density at radius 1 is 1.06 bits per heavy atom. The smallest absolute Gasteiger partial charge is 0.416 e. The highest BCUT2D eigenvalue weighted by Gasteiger charge is 2.29. The fourth-order valence-electron chi connectivity index (χ4n) is 3.45. The van der Waals surface area contributed by atoms with Crippen molar-refractivity contribution in [1.29, 1.82) is 0 Å². The minimum absolute atomic E-state index is 0.0370. The van der Waals surface area contributed by atoms with E-state index in [-0.39, 0.29) is 31.7 Å². The first kappa shape index (κ1) is 21.6. The normalized spacial score (nSPS) is 12.7. The van der Waals surface area contributed by atoms with Gasteiger partial charge in [0, 0.05) is 18.3 Å². The van der Waals surface area contributed by atoms with E-state index in [0.29, 0.717) is 34.1 Å². The Balaban J connectivity index is 1.24. The van der Waals surface area contributed by atoms with Gasteiger partial charge in [-0.05, 0) is 48.0 Å². The molecule has 0 saturated carbocycles. The molecule has 1 N–H and O–H groups in total. The van der Waals surface area contributed by atoms with Gasteiger partial charge in [0.05, 0.1) is 5.56 Å². The van der Waals surface area contributed by atoms with Gasteiger partial charge in [-0.3, -0.25) is 4.79 Å². The van der Waals surface area contributed by atoms with E-state index in [1.165, 1.54) is 12.1 Å². The molecule has 0 bridgehead atoms. The standard InChI is InChI=1S/C23H17F3N4O4/c24-23(25,26)16-6-3-14(4-7-16)11-27-20(31)12-30-9-1-2-17(30)22-28-21(29-34-22)15-5-8-18-19(10-15)33-13-32-18/h1-10H,11-13H2,(H,27,31). The highest BCUT2D eigenvalue weighted by Crippen LogP contribution is 2.35. The first-order valence-corrected chi connectivity index (χ1v) is 10.2. The van der Waals surface area contributed by atoms with E-state index in [0.717, 1.165) is 12.1 Å². The van der Waals surface area contributed by atoms with E-state index >= 15 is 0 Å². The average molecular weight is 470 g/mol. The molecule has 2 aromatic carbocycles. The number of carbonyl (C=O) groups is 1. The predicted molar refractivity (Wildman–Crippen MR) is 113 cm³/mol. The maximum absolute atomic E-state index is 12.7. The summed E-state index contributed by atoms with van der Waals surface area (Å²) in [4.78, 5) is 16.8. The molecule has 174 valence electrons. The zero-order valence-corrected chi connectivity index (χ0v) is 17.5.